The molecule has 0 fully saturated rings. The number of carbonyl (C=O) groups excluding carboxylic acids is 1. The average molecular weight is 482 g/mol. The number of amides is 1. The molecule has 2 heterocycles. The van der Waals surface area contributed by atoms with E-state index >= 15 is 0 Å². The molecule has 0 unspecified atom stereocenters. The summed E-state index contributed by atoms with van der Waals surface area (Å²) >= 11 is 6.57. The number of carbonyl (C=O) groups is 1. The van der Waals surface area contributed by atoms with Gasteiger partial charge in [0.25, 0.3) is 0 Å². The molecule has 1 atom stereocenters. The third-order valence-corrected chi connectivity index (χ3v) is 6.18. The van der Waals surface area contributed by atoms with E-state index in [0.717, 1.165) is 33.8 Å². The first kappa shape index (κ1) is 22.2. The van der Waals surface area contributed by atoms with Crippen molar-refractivity contribution < 1.29 is 28.5 Å². The summed E-state index contributed by atoms with van der Waals surface area (Å²) in [5.74, 6) is 3.38. The molecule has 5 rings (SSSR count). The molecular formula is C26H24ClNO6. The third kappa shape index (κ3) is 4.43. The molecule has 3 aromatic carbocycles. The lowest BCUT2D eigenvalue weighted by atomic mass is 9.99. The Kier molecular flexibility index (Phi) is 6.11. The molecule has 0 saturated heterocycles. The highest BCUT2D eigenvalue weighted by molar-refractivity contribution is 6.32. The van der Waals surface area contributed by atoms with Crippen LogP contribution in [0.5, 0.6) is 28.7 Å². The Morgan fingerprint density at radius 3 is 2.74 bits per heavy atom. The van der Waals surface area contributed by atoms with Gasteiger partial charge in [0.05, 0.1) is 32.2 Å². The standard InChI is InChI=1S/C26H24ClNO6/c1-30-18-4-6-22(31-2)20(12-18)16-9-17-10-19(34-26(17)21(27)11-16)13-28-25(29)8-15-3-5-23-24(7-15)33-14-32-23/h3-7,9,11-12,19H,8,10,13-14H2,1-2H3,(H,28,29)/t19-/m0/s1. The van der Waals surface area contributed by atoms with Gasteiger partial charge in [0.2, 0.25) is 12.7 Å². The van der Waals surface area contributed by atoms with Gasteiger partial charge in [0.15, 0.2) is 11.5 Å². The molecular weight excluding hydrogens is 458 g/mol. The van der Waals surface area contributed by atoms with Crippen LogP contribution in [0.2, 0.25) is 5.02 Å². The van der Waals surface area contributed by atoms with Crippen molar-refractivity contribution in [2.75, 3.05) is 27.6 Å². The van der Waals surface area contributed by atoms with Crippen LogP contribution in [0, 0.1) is 0 Å². The molecule has 1 amide bonds. The fourth-order valence-corrected chi connectivity index (χ4v) is 4.51. The summed E-state index contributed by atoms with van der Waals surface area (Å²) in [4.78, 5) is 12.5. The van der Waals surface area contributed by atoms with E-state index in [0.29, 0.717) is 35.2 Å². The van der Waals surface area contributed by atoms with Crippen molar-refractivity contribution in [1.29, 1.82) is 0 Å². The Morgan fingerprint density at radius 2 is 1.91 bits per heavy atom. The zero-order chi connectivity index (χ0) is 23.7. The number of hydrogen-bond donors (Lipinski definition) is 1. The van der Waals surface area contributed by atoms with Crippen LogP contribution in [0.4, 0.5) is 0 Å². The maximum atomic E-state index is 12.5. The first-order valence-corrected chi connectivity index (χ1v) is 11.3. The lowest BCUT2D eigenvalue weighted by Crippen LogP contribution is -2.35. The zero-order valence-corrected chi connectivity index (χ0v) is 19.6. The predicted molar refractivity (Wildman–Crippen MR) is 127 cm³/mol. The van der Waals surface area contributed by atoms with Crippen LogP contribution < -0.4 is 29.0 Å². The number of halogens is 1. The average Bonchev–Trinajstić information content (AvgIpc) is 3.49. The SMILES string of the molecule is COc1ccc(OC)c(-c2cc(Cl)c3c(c2)C[C@@H](CNC(=O)Cc2ccc4c(c2)OCO4)O3)c1. The van der Waals surface area contributed by atoms with Crippen LogP contribution in [0.15, 0.2) is 48.5 Å². The molecule has 2 aliphatic heterocycles. The van der Waals surface area contributed by atoms with Crippen LogP contribution in [0.25, 0.3) is 11.1 Å². The van der Waals surface area contributed by atoms with E-state index in [1.54, 1.807) is 14.2 Å². The molecule has 0 aromatic heterocycles. The van der Waals surface area contributed by atoms with Crippen LogP contribution in [-0.4, -0.2) is 39.6 Å². The topological polar surface area (TPSA) is 75.3 Å². The van der Waals surface area contributed by atoms with Crippen molar-refractivity contribution in [3.05, 3.63) is 64.7 Å². The second-order valence-corrected chi connectivity index (χ2v) is 8.53. The normalized spacial score (nSPS) is 15.4. The van der Waals surface area contributed by atoms with Crippen molar-refractivity contribution in [2.45, 2.75) is 18.9 Å². The maximum absolute atomic E-state index is 12.5. The number of fused-ring (bicyclic) bond motifs is 2. The minimum absolute atomic E-state index is 0.0914. The van der Waals surface area contributed by atoms with Gasteiger partial charge in [0.1, 0.15) is 23.4 Å². The molecule has 7 nitrogen and oxygen atoms in total. The Balaban J connectivity index is 1.24. The Bertz CT molecular complexity index is 1240. The van der Waals surface area contributed by atoms with Gasteiger partial charge in [0, 0.05) is 17.5 Å². The molecule has 0 aliphatic carbocycles. The van der Waals surface area contributed by atoms with Crippen LogP contribution in [0.3, 0.4) is 0 Å². The summed E-state index contributed by atoms with van der Waals surface area (Å²) in [6, 6.07) is 15.1. The van der Waals surface area contributed by atoms with E-state index in [2.05, 4.69) is 5.32 Å². The van der Waals surface area contributed by atoms with Gasteiger partial charge in [-0.15, -0.1) is 0 Å². The first-order valence-electron chi connectivity index (χ1n) is 10.9. The lowest BCUT2D eigenvalue weighted by molar-refractivity contribution is -0.120. The summed E-state index contributed by atoms with van der Waals surface area (Å²) in [5.41, 5.74) is 3.64. The van der Waals surface area contributed by atoms with E-state index in [1.165, 1.54) is 0 Å². The number of nitrogens with one attached hydrogen (secondary N) is 1. The van der Waals surface area contributed by atoms with E-state index in [9.17, 15) is 4.79 Å². The van der Waals surface area contributed by atoms with Crippen LogP contribution >= 0.6 is 11.6 Å². The highest BCUT2D eigenvalue weighted by atomic mass is 35.5. The second kappa shape index (κ2) is 9.35. The van der Waals surface area contributed by atoms with E-state index in [-0.39, 0.29) is 25.2 Å². The quantitative estimate of drug-likeness (QED) is 0.538. The monoisotopic (exact) mass is 481 g/mol. The first-order chi connectivity index (χ1) is 16.5. The number of hydrogen-bond acceptors (Lipinski definition) is 6. The molecule has 34 heavy (non-hydrogen) atoms. The van der Waals surface area contributed by atoms with Crippen molar-refractivity contribution in [3.8, 4) is 39.9 Å². The third-order valence-electron chi connectivity index (χ3n) is 5.90. The van der Waals surface area contributed by atoms with Gasteiger partial charge in [-0.05, 0) is 53.6 Å². The fourth-order valence-electron chi connectivity index (χ4n) is 4.22. The molecule has 8 heteroatoms. The number of rotatable bonds is 7. The fraction of sp³-hybridized carbons (Fsp3) is 0.269. The predicted octanol–water partition coefficient (Wildman–Crippen LogP) is 4.42. The molecule has 3 aromatic rings. The largest absolute Gasteiger partial charge is 0.497 e. The molecule has 0 saturated carbocycles. The molecule has 1 N–H and O–H groups in total. The van der Waals surface area contributed by atoms with E-state index in [4.69, 9.17) is 35.3 Å². The summed E-state index contributed by atoms with van der Waals surface area (Å²) < 4.78 is 27.6. The molecule has 0 spiro atoms. The van der Waals surface area contributed by atoms with E-state index in [1.807, 2.05) is 48.5 Å². The summed E-state index contributed by atoms with van der Waals surface area (Å²) in [6.07, 6.45) is 0.687. The number of benzene rings is 3. The lowest BCUT2D eigenvalue weighted by Gasteiger charge is -2.13. The van der Waals surface area contributed by atoms with Gasteiger partial charge in [-0.25, -0.2) is 0 Å². The molecule has 176 valence electrons. The zero-order valence-electron chi connectivity index (χ0n) is 18.9. The van der Waals surface area contributed by atoms with Crippen LogP contribution in [-0.2, 0) is 17.6 Å². The molecule has 0 bridgehead atoms. The van der Waals surface area contributed by atoms with Crippen molar-refractivity contribution in [2.24, 2.45) is 0 Å². The molecule has 2 aliphatic rings. The Labute approximate surface area is 202 Å². The minimum Gasteiger partial charge on any atom is -0.497 e. The van der Waals surface area contributed by atoms with E-state index < -0.39 is 0 Å². The number of methoxy groups -OCH3 is 2. The minimum atomic E-state index is -0.198. The van der Waals surface area contributed by atoms with Gasteiger partial charge in [-0.3, -0.25) is 4.79 Å². The second-order valence-electron chi connectivity index (χ2n) is 8.12. The Hall–Kier alpha value is -3.58. The maximum Gasteiger partial charge on any atom is 0.231 e. The Morgan fingerprint density at radius 1 is 1.06 bits per heavy atom. The summed E-state index contributed by atoms with van der Waals surface area (Å²) in [6.45, 7) is 0.589. The van der Waals surface area contributed by atoms with Gasteiger partial charge in [-0.1, -0.05) is 17.7 Å². The summed E-state index contributed by atoms with van der Waals surface area (Å²) in [7, 11) is 3.26. The van der Waals surface area contributed by atoms with Gasteiger partial charge < -0.3 is 29.0 Å². The van der Waals surface area contributed by atoms with Gasteiger partial charge in [-0.2, -0.15) is 0 Å². The highest BCUT2D eigenvalue weighted by Gasteiger charge is 2.27. The van der Waals surface area contributed by atoms with Crippen molar-refractivity contribution in [3.63, 3.8) is 0 Å². The highest BCUT2D eigenvalue weighted by Crippen LogP contribution is 2.42. The molecule has 0 radical (unpaired) electrons. The van der Waals surface area contributed by atoms with Crippen molar-refractivity contribution >= 4 is 17.5 Å². The number of ether oxygens (including phenoxy) is 5. The van der Waals surface area contributed by atoms with Crippen LogP contribution in [0.1, 0.15) is 11.1 Å². The van der Waals surface area contributed by atoms with Crippen molar-refractivity contribution in [1.82, 2.24) is 5.32 Å². The van der Waals surface area contributed by atoms with Gasteiger partial charge >= 0.3 is 0 Å². The smallest absolute Gasteiger partial charge is 0.231 e. The summed E-state index contributed by atoms with van der Waals surface area (Å²) in [5, 5.41) is 3.48.